The zero-order chi connectivity index (χ0) is 18.1. The SMILES string of the molecule is CCCC(=O)[C@@H](CC)C(=O)CCC(=O)Nc1cccc([N+](=O)[O-])c1. The van der Waals surface area contributed by atoms with E-state index in [2.05, 4.69) is 5.32 Å². The number of ketones is 2. The molecular formula is C17H22N2O5. The Morgan fingerprint density at radius 3 is 2.38 bits per heavy atom. The highest BCUT2D eigenvalue weighted by atomic mass is 16.6. The molecule has 0 fully saturated rings. The number of benzene rings is 1. The number of carbonyl (C=O) groups is 3. The molecule has 0 unspecified atom stereocenters. The first-order valence-electron chi connectivity index (χ1n) is 7.98. The zero-order valence-corrected chi connectivity index (χ0v) is 13.9. The van der Waals surface area contributed by atoms with E-state index in [1.54, 1.807) is 6.92 Å². The summed E-state index contributed by atoms with van der Waals surface area (Å²) in [5.41, 5.74) is 0.177. The van der Waals surface area contributed by atoms with Crippen molar-refractivity contribution < 1.29 is 19.3 Å². The standard InChI is InChI=1S/C17H22N2O5/c1-3-6-15(20)14(4-2)16(21)9-10-17(22)18-12-7-5-8-13(11-12)19(23)24/h5,7-8,11,14H,3-4,6,9-10H2,1-2H3,(H,18,22)/t14-/m1/s1. The van der Waals surface area contributed by atoms with Crippen LogP contribution in [0.25, 0.3) is 0 Å². The van der Waals surface area contributed by atoms with E-state index in [-0.39, 0.29) is 30.1 Å². The Morgan fingerprint density at radius 2 is 1.79 bits per heavy atom. The van der Waals surface area contributed by atoms with Gasteiger partial charge < -0.3 is 5.32 Å². The predicted molar refractivity (Wildman–Crippen MR) is 89.7 cm³/mol. The van der Waals surface area contributed by atoms with Gasteiger partial charge >= 0.3 is 0 Å². The number of nitrogens with zero attached hydrogens (tertiary/aromatic N) is 1. The molecule has 0 heterocycles. The number of nitrogens with one attached hydrogen (secondary N) is 1. The molecule has 0 bridgehead atoms. The van der Waals surface area contributed by atoms with Gasteiger partial charge in [0, 0.05) is 37.1 Å². The van der Waals surface area contributed by atoms with Gasteiger partial charge in [0.15, 0.2) is 0 Å². The highest BCUT2D eigenvalue weighted by molar-refractivity contribution is 6.03. The summed E-state index contributed by atoms with van der Waals surface area (Å²) in [6.07, 6.45) is 1.41. The smallest absolute Gasteiger partial charge is 0.271 e. The molecule has 0 saturated heterocycles. The van der Waals surface area contributed by atoms with E-state index in [4.69, 9.17) is 0 Å². The molecule has 24 heavy (non-hydrogen) atoms. The Labute approximate surface area is 140 Å². The number of amides is 1. The van der Waals surface area contributed by atoms with Crippen LogP contribution >= 0.6 is 0 Å². The molecule has 0 aromatic heterocycles. The summed E-state index contributed by atoms with van der Waals surface area (Å²) >= 11 is 0. The number of nitro benzene ring substituents is 1. The van der Waals surface area contributed by atoms with Gasteiger partial charge in [-0.05, 0) is 18.9 Å². The molecule has 0 radical (unpaired) electrons. The second-order valence-electron chi connectivity index (χ2n) is 5.50. The summed E-state index contributed by atoms with van der Waals surface area (Å²) < 4.78 is 0. The maximum Gasteiger partial charge on any atom is 0.271 e. The molecule has 1 aromatic carbocycles. The van der Waals surface area contributed by atoms with Gasteiger partial charge in [-0.15, -0.1) is 0 Å². The number of Topliss-reactive ketones (excluding diaryl/α,β-unsaturated/α-hetero) is 2. The van der Waals surface area contributed by atoms with Gasteiger partial charge in [-0.2, -0.15) is 0 Å². The summed E-state index contributed by atoms with van der Waals surface area (Å²) in [7, 11) is 0. The topological polar surface area (TPSA) is 106 Å². The van der Waals surface area contributed by atoms with Crippen LogP contribution in [0.3, 0.4) is 0 Å². The molecule has 1 N–H and O–H groups in total. The average Bonchev–Trinajstić information content (AvgIpc) is 2.54. The van der Waals surface area contributed by atoms with Gasteiger partial charge in [0.05, 0.1) is 10.8 Å². The number of non-ortho nitro benzene ring substituents is 1. The number of hydrogen-bond acceptors (Lipinski definition) is 5. The van der Waals surface area contributed by atoms with Crippen LogP contribution in [0.1, 0.15) is 46.0 Å². The van der Waals surface area contributed by atoms with Crippen LogP contribution in [0.4, 0.5) is 11.4 Å². The van der Waals surface area contributed by atoms with Gasteiger partial charge in [-0.25, -0.2) is 0 Å². The minimum Gasteiger partial charge on any atom is -0.326 e. The Hall–Kier alpha value is -2.57. The molecule has 130 valence electrons. The third-order valence-corrected chi connectivity index (χ3v) is 3.62. The fourth-order valence-electron chi connectivity index (χ4n) is 2.39. The van der Waals surface area contributed by atoms with Crippen LogP contribution < -0.4 is 5.32 Å². The average molecular weight is 334 g/mol. The fourth-order valence-corrected chi connectivity index (χ4v) is 2.39. The summed E-state index contributed by atoms with van der Waals surface area (Å²) in [4.78, 5) is 46.0. The number of nitro groups is 1. The lowest BCUT2D eigenvalue weighted by molar-refractivity contribution is -0.384. The molecule has 0 saturated carbocycles. The molecule has 0 aliphatic rings. The summed E-state index contributed by atoms with van der Waals surface area (Å²) in [5, 5.41) is 13.2. The minimum absolute atomic E-state index is 0.0191. The second-order valence-corrected chi connectivity index (χ2v) is 5.50. The minimum atomic E-state index is -0.643. The maximum absolute atomic E-state index is 12.1. The van der Waals surface area contributed by atoms with Gasteiger partial charge in [-0.1, -0.05) is 19.9 Å². The third-order valence-electron chi connectivity index (χ3n) is 3.62. The van der Waals surface area contributed by atoms with E-state index in [1.165, 1.54) is 24.3 Å². The van der Waals surface area contributed by atoms with Crippen molar-refractivity contribution >= 4 is 28.8 Å². The summed E-state index contributed by atoms with van der Waals surface area (Å²) in [5.74, 6) is -1.37. The van der Waals surface area contributed by atoms with E-state index in [1.807, 2.05) is 6.92 Å². The largest absolute Gasteiger partial charge is 0.326 e. The van der Waals surface area contributed by atoms with Crippen LogP contribution in [0.5, 0.6) is 0 Å². The van der Waals surface area contributed by atoms with Crippen molar-refractivity contribution in [2.75, 3.05) is 5.32 Å². The first kappa shape index (κ1) is 19.5. The molecular weight excluding hydrogens is 312 g/mol. The second kappa shape index (κ2) is 9.54. The quantitative estimate of drug-likeness (QED) is 0.401. The Morgan fingerprint density at radius 1 is 1.12 bits per heavy atom. The van der Waals surface area contributed by atoms with Crippen molar-refractivity contribution in [2.24, 2.45) is 5.92 Å². The Balaban J connectivity index is 2.56. The fraction of sp³-hybridized carbons (Fsp3) is 0.471. The van der Waals surface area contributed by atoms with E-state index in [9.17, 15) is 24.5 Å². The number of rotatable bonds is 10. The van der Waals surface area contributed by atoms with Crippen LogP contribution in [0.2, 0.25) is 0 Å². The molecule has 1 rings (SSSR count). The molecule has 7 nitrogen and oxygen atoms in total. The first-order chi connectivity index (χ1) is 11.4. The Kier molecular flexibility index (Phi) is 7.74. The van der Waals surface area contributed by atoms with Crippen LogP contribution in [0, 0.1) is 16.0 Å². The molecule has 0 spiro atoms. The van der Waals surface area contributed by atoms with E-state index in [0.29, 0.717) is 24.9 Å². The van der Waals surface area contributed by atoms with Gasteiger partial charge in [-0.3, -0.25) is 24.5 Å². The van der Waals surface area contributed by atoms with Crippen LogP contribution in [-0.4, -0.2) is 22.4 Å². The van der Waals surface area contributed by atoms with Crippen molar-refractivity contribution in [3.8, 4) is 0 Å². The summed E-state index contributed by atoms with van der Waals surface area (Å²) in [6, 6.07) is 5.57. The first-order valence-corrected chi connectivity index (χ1v) is 7.98. The number of carbonyl (C=O) groups excluding carboxylic acids is 3. The molecule has 7 heteroatoms. The lowest BCUT2D eigenvalue weighted by atomic mass is 9.91. The van der Waals surface area contributed by atoms with Crippen LogP contribution in [0.15, 0.2) is 24.3 Å². The highest BCUT2D eigenvalue weighted by Crippen LogP contribution is 2.18. The normalized spacial score (nSPS) is 11.6. The van der Waals surface area contributed by atoms with Crippen LogP contribution in [-0.2, 0) is 14.4 Å². The van der Waals surface area contributed by atoms with E-state index < -0.39 is 16.7 Å². The molecule has 1 amide bonds. The molecule has 1 aromatic rings. The number of hydrogen-bond donors (Lipinski definition) is 1. The third kappa shape index (κ3) is 5.91. The van der Waals surface area contributed by atoms with E-state index in [0.717, 1.165) is 0 Å². The van der Waals surface area contributed by atoms with Gasteiger partial charge in [0.1, 0.15) is 11.6 Å². The highest BCUT2D eigenvalue weighted by Gasteiger charge is 2.23. The predicted octanol–water partition coefficient (Wildman–Crippen LogP) is 3.28. The lowest BCUT2D eigenvalue weighted by Crippen LogP contribution is -2.24. The summed E-state index contributed by atoms with van der Waals surface area (Å²) in [6.45, 7) is 3.65. The maximum atomic E-state index is 12.1. The molecule has 0 aliphatic heterocycles. The molecule has 1 atom stereocenters. The number of anilines is 1. The van der Waals surface area contributed by atoms with Crippen molar-refractivity contribution in [1.82, 2.24) is 0 Å². The van der Waals surface area contributed by atoms with Crippen molar-refractivity contribution in [3.63, 3.8) is 0 Å². The molecule has 0 aliphatic carbocycles. The van der Waals surface area contributed by atoms with Crippen molar-refractivity contribution in [1.29, 1.82) is 0 Å². The lowest BCUT2D eigenvalue weighted by Gasteiger charge is -2.12. The zero-order valence-electron chi connectivity index (χ0n) is 13.9. The van der Waals surface area contributed by atoms with Gasteiger partial charge in [0.2, 0.25) is 5.91 Å². The van der Waals surface area contributed by atoms with Crippen molar-refractivity contribution in [2.45, 2.75) is 46.0 Å². The van der Waals surface area contributed by atoms with Crippen molar-refractivity contribution in [3.05, 3.63) is 34.4 Å². The van der Waals surface area contributed by atoms with E-state index >= 15 is 0 Å². The monoisotopic (exact) mass is 334 g/mol. The van der Waals surface area contributed by atoms with Gasteiger partial charge in [0.25, 0.3) is 5.69 Å². The Bertz CT molecular complexity index is 627.